The van der Waals surface area contributed by atoms with Crippen molar-refractivity contribution >= 4 is 16.8 Å². The number of carbonyl (C=O) groups is 1. The maximum absolute atomic E-state index is 12.5. The van der Waals surface area contributed by atoms with Crippen LogP contribution in [0.3, 0.4) is 0 Å². The van der Waals surface area contributed by atoms with Crippen LogP contribution in [0.4, 0.5) is 0 Å². The fraction of sp³-hybridized carbons (Fsp3) is 0.0500. The van der Waals surface area contributed by atoms with Crippen LogP contribution < -0.4 is 5.32 Å². The fourth-order valence-corrected chi connectivity index (χ4v) is 2.81. The molecule has 25 heavy (non-hydrogen) atoms. The molecular formula is C20H16N4O. The number of nitrogens with zero attached hydrogens (tertiary/aromatic N) is 2. The van der Waals surface area contributed by atoms with E-state index in [4.69, 9.17) is 0 Å². The van der Waals surface area contributed by atoms with Gasteiger partial charge in [0.15, 0.2) is 0 Å². The first-order chi connectivity index (χ1) is 12.3. The zero-order chi connectivity index (χ0) is 17.1. The van der Waals surface area contributed by atoms with Gasteiger partial charge in [-0.2, -0.15) is 0 Å². The van der Waals surface area contributed by atoms with E-state index < -0.39 is 0 Å². The van der Waals surface area contributed by atoms with Crippen molar-refractivity contribution < 1.29 is 4.79 Å². The van der Waals surface area contributed by atoms with Crippen LogP contribution in [0.25, 0.3) is 22.0 Å². The van der Waals surface area contributed by atoms with Crippen LogP contribution in [0.15, 0.2) is 73.4 Å². The van der Waals surface area contributed by atoms with Crippen LogP contribution in [0.5, 0.6) is 0 Å². The minimum Gasteiger partial charge on any atom is -0.360 e. The zero-order valence-electron chi connectivity index (χ0n) is 13.4. The number of hydrogen-bond donors (Lipinski definition) is 2. The third-order valence-corrected chi connectivity index (χ3v) is 4.08. The van der Waals surface area contributed by atoms with Crippen LogP contribution in [-0.4, -0.2) is 20.9 Å². The molecule has 0 fully saturated rings. The van der Waals surface area contributed by atoms with Crippen molar-refractivity contribution in [3.05, 3.63) is 84.6 Å². The van der Waals surface area contributed by atoms with E-state index in [0.717, 1.165) is 27.6 Å². The predicted molar refractivity (Wildman–Crippen MR) is 96.9 cm³/mol. The summed E-state index contributed by atoms with van der Waals surface area (Å²) < 4.78 is 0. The van der Waals surface area contributed by atoms with Gasteiger partial charge in [-0.05, 0) is 23.8 Å². The Balaban J connectivity index is 1.51. The Labute approximate surface area is 144 Å². The minimum atomic E-state index is -0.107. The normalized spacial score (nSPS) is 10.7. The van der Waals surface area contributed by atoms with Gasteiger partial charge in [0.1, 0.15) is 0 Å². The molecule has 3 aromatic heterocycles. The Morgan fingerprint density at radius 2 is 1.88 bits per heavy atom. The Kier molecular flexibility index (Phi) is 3.96. The van der Waals surface area contributed by atoms with Gasteiger partial charge in [-0.1, -0.05) is 24.3 Å². The molecule has 0 saturated carbocycles. The molecular weight excluding hydrogens is 312 g/mol. The van der Waals surface area contributed by atoms with Crippen LogP contribution >= 0.6 is 0 Å². The molecule has 4 rings (SSSR count). The van der Waals surface area contributed by atoms with Gasteiger partial charge in [0, 0.05) is 59.6 Å². The topological polar surface area (TPSA) is 70.7 Å². The highest BCUT2D eigenvalue weighted by molar-refractivity contribution is 6.06. The van der Waals surface area contributed by atoms with E-state index in [-0.39, 0.29) is 5.91 Å². The number of H-pyrrole nitrogens is 1. The zero-order valence-corrected chi connectivity index (χ0v) is 13.4. The van der Waals surface area contributed by atoms with Gasteiger partial charge >= 0.3 is 0 Å². The molecule has 2 N–H and O–H groups in total. The maximum atomic E-state index is 12.5. The smallest absolute Gasteiger partial charge is 0.253 e. The Bertz CT molecular complexity index is 1020. The van der Waals surface area contributed by atoms with Crippen molar-refractivity contribution in [2.45, 2.75) is 6.54 Å². The molecule has 1 aromatic carbocycles. The molecule has 122 valence electrons. The van der Waals surface area contributed by atoms with Crippen LogP contribution in [0, 0.1) is 0 Å². The molecule has 1 amide bonds. The van der Waals surface area contributed by atoms with Gasteiger partial charge in [-0.15, -0.1) is 0 Å². The molecule has 0 aliphatic rings. The Morgan fingerprint density at radius 3 is 2.76 bits per heavy atom. The van der Waals surface area contributed by atoms with Crippen molar-refractivity contribution in [1.82, 2.24) is 20.3 Å². The van der Waals surface area contributed by atoms with Gasteiger partial charge in [-0.25, -0.2) is 0 Å². The van der Waals surface area contributed by atoms with Crippen molar-refractivity contribution in [3.8, 4) is 11.1 Å². The number of para-hydroxylation sites is 1. The van der Waals surface area contributed by atoms with Gasteiger partial charge in [0.2, 0.25) is 0 Å². The molecule has 4 aromatic rings. The molecule has 0 bridgehead atoms. The van der Waals surface area contributed by atoms with Gasteiger partial charge < -0.3 is 10.3 Å². The monoisotopic (exact) mass is 328 g/mol. The lowest BCUT2D eigenvalue weighted by atomic mass is 10.1. The van der Waals surface area contributed by atoms with Crippen molar-refractivity contribution in [1.29, 1.82) is 0 Å². The van der Waals surface area contributed by atoms with E-state index >= 15 is 0 Å². The van der Waals surface area contributed by atoms with Crippen LogP contribution in [0.1, 0.15) is 15.9 Å². The van der Waals surface area contributed by atoms with Gasteiger partial charge in [-0.3, -0.25) is 14.8 Å². The lowest BCUT2D eigenvalue weighted by molar-refractivity contribution is 0.0952. The second-order valence-electron chi connectivity index (χ2n) is 5.75. The first kappa shape index (κ1) is 15.1. The summed E-state index contributed by atoms with van der Waals surface area (Å²) in [5.41, 5.74) is 4.51. The predicted octanol–water partition coefficient (Wildman–Crippen LogP) is 3.55. The summed E-state index contributed by atoms with van der Waals surface area (Å²) >= 11 is 0. The molecule has 0 spiro atoms. The second-order valence-corrected chi connectivity index (χ2v) is 5.75. The molecule has 5 heteroatoms. The molecule has 0 aliphatic carbocycles. The Hall–Kier alpha value is -3.47. The molecule has 0 unspecified atom stereocenters. The summed E-state index contributed by atoms with van der Waals surface area (Å²) in [7, 11) is 0. The number of aromatic nitrogens is 3. The quantitative estimate of drug-likeness (QED) is 0.602. The number of benzene rings is 1. The molecule has 0 saturated heterocycles. The lowest BCUT2D eigenvalue weighted by Crippen LogP contribution is -2.22. The number of fused-ring (bicyclic) bond motifs is 1. The van der Waals surface area contributed by atoms with Crippen molar-refractivity contribution in [2.24, 2.45) is 0 Å². The first-order valence-electron chi connectivity index (χ1n) is 8.00. The molecule has 0 atom stereocenters. The van der Waals surface area contributed by atoms with Crippen LogP contribution in [0.2, 0.25) is 0 Å². The van der Waals surface area contributed by atoms with E-state index in [0.29, 0.717) is 12.1 Å². The molecule has 3 heterocycles. The first-order valence-corrected chi connectivity index (χ1v) is 8.00. The highest BCUT2D eigenvalue weighted by Gasteiger charge is 2.11. The summed E-state index contributed by atoms with van der Waals surface area (Å²) in [5.74, 6) is -0.107. The van der Waals surface area contributed by atoms with E-state index in [1.807, 2.05) is 42.5 Å². The minimum absolute atomic E-state index is 0.107. The summed E-state index contributed by atoms with van der Waals surface area (Å²) in [6, 6.07) is 13.6. The largest absolute Gasteiger partial charge is 0.360 e. The number of pyridine rings is 2. The summed E-state index contributed by atoms with van der Waals surface area (Å²) in [6.45, 7) is 0.416. The number of nitrogens with one attached hydrogen (secondary N) is 2. The van der Waals surface area contributed by atoms with E-state index in [1.54, 1.807) is 31.0 Å². The molecule has 0 aliphatic heterocycles. The van der Waals surface area contributed by atoms with Gasteiger partial charge in [0.05, 0.1) is 5.56 Å². The number of carbonyl (C=O) groups excluding carboxylic acids is 1. The highest BCUT2D eigenvalue weighted by atomic mass is 16.1. The lowest BCUT2D eigenvalue weighted by Gasteiger charge is -2.07. The standard InChI is InChI=1S/C20H16N4O/c25-20(18-13-23-19-6-2-1-5-17(18)19)24-10-14-8-16(12-22-9-14)15-4-3-7-21-11-15/h1-9,11-13,23H,10H2,(H,24,25). The SMILES string of the molecule is O=C(NCc1cncc(-c2cccnc2)c1)c1c[nH]c2ccccc12. The fourth-order valence-electron chi connectivity index (χ4n) is 2.81. The summed E-state index contributed by atoms with van der Waals surface area (Å²) in [4.78, 5) is 24.0. The summed E-state index contributed by atoms with van der Waals surface area (Å²) in [5, 5.41) is 3.88. The number of hydrogen-bond acceptors (Lipinski definition) is 3. The van der Waals surface area contributed by atoms with Crippen molar-refractivity contribution in [2.75, 3.05) is 0 Å². The third kappa shape index (κ3) is 3.12. The molecule has 0 radical (unpaired) electrons. The average Bonchev–Trinajstić information content (AvgIpc) is 3.11. The Morgan fingerprint density at radius 1 is 1.00 bits per heavy atom. The summed E-state index contributed by atoms with van der Waals surface area (Å²) in [6.07, 6.45) is 8.83. The maximum Gasteiger partial charge on any atom is 0.253 e. The third-order valence-electron chi connectivity index (χ3n) is 4.08. The van der Waals surface area contributed by atoms with E-state index in [9.17, 15) is 4.79 Å². The highest BCUT2D eigenvalue weighted by Crippen LogP contribution is 2.19. The molecule has 5 nitrogen and oxygen atoms in total. The number of aromatic amines is 1. The van der Waals surface area contributed by atoms with E-state index in [2.05, 4.69) is 20.3 Å². The van der Waals surface area contributed by atoms with Gasteiger partial charge in [0.25, 0.3) is 5.91 Å². The van der Waals surface area contributed by atoms with Crippen LogP contribution in [-0.2, 0) is 6.54 Å². The second kappa shape index (κ2) is 6.57. The van der Waals surface area contributed by atoms with Crippen molar-refractivity contribution in [3.63, 3.8) is 0 Å². The number of rotatable bonds is 4. The number of amides is 1. The average molecular weight is 328 g/mol. The van der Waals surface area contributed by atoms with E-state index in [1.165, 1.54) is 0 Å².